The molecule has 1 rings (SSSR count). The van der Waals surface area contributed by atoms with Gasteiger partial charge >= 0.3 is 5.97 Å². The van der Waals surface area contributed by atoms with E-state index in [9.17, 15) is 9.90 Å². The Morgan fingerprint density at radius 2 is 2.21 bits per heavy atom. The zero-order valence-corrected chi connectivity index (χ0v) is 9.09. The molecule has 1 unspecified atom stereocenters. The lowest BCUT2D eigenvalue weighted by molar-refractivity contribution is -0.147. The normalized spacial score (nSPS) is 22.8. The van der Waals surface area contributed by atoms with Crippen LogP contribution in [0.5, 0.6) is 0 Å². The predicted octanol–water partition coefficient (Wildman–Crippen LogP) is 0.866. The van der Waals surface area contributed by atoms with Crippen molar-refractivity contribution in [1.82, 2.24) is 5.32 Å². The first-order chi connectivity index (χ1) is 6.46. The summed E-state index contributed by atoms with van der Waals surface area (Å²) in [6.07, 6.45) is 1.96. The van der Waals surface area contributed by atoms with Crippen molar-refractivity contribution in [1.29, 1.82) is 0 Å². The topological polar surface area (TPSA) is 58.6 Å². The molecule has 14 heavy (non-hydrogen) atoms. The van der Waals surface area contributed by atoms with Crippen LogP contribution < -0.4 is 5.32 Å². The summed E-state index contributed by atoms with van der Waals surface area (Å²) in [6, 6.07) is 0. The molecule has 0 aromatic carbocycles. The number of carboxylic acid groups (broad SMARTS) is 1. The van der Waals surface area contributed by atoms with Crippen molar-refractivity contribution in [2.24, 2.45) is 5.41 Å². The van der Waals surface area contributed by atoms with Gasteiger partial charge in [-0.3, -0.25) is 10.1 Å². The molecule has 0 saturated heterocycles. The highest BCUT2D eigenvalue weighted by Crippen LogP contribution is 2.53. The Kier molecular flexibility index (Phi) is 3.17. The number of hydrogen-bond acceptors (Lipinski definition) is 3. The zero-order chi connectivity index (χ0) is 10.8. The molecule has 0 aromatic heterocycles. The van der Waals surface area contributed by atoms with Crippen molar-refractivity contribution < 1.29 is 14.6 Å². The van der Waals surface area contributed by atoms with Crippen LogP contribution in [0.1, 0.15) is 26.7 Å². The molecule has 1 aliphatic carbocycles. The number of nitrogens with one attached hydrogen (secondary N) is 1. The summed E-state index contributed by atoms with van der Waals surface area (Å²) in [7, 11) is 1.61. The number of hydrogen-bond donors (Lipinski definition) is 2. The maximum absolute atomic E-state index is 11.2. The number of aliphatic carboxylic acids is 1. The summed E-state index contributed by atoms with van der Waals surface area (Å²) in [5, 5.41) is 12.3. The van der Waals surface area contributed by atoms with E-state index in [1.165, 1.54) is 0 Å². The van der Waals surface area contributed by atoms with Crippen molar-refractivity contribution in [2.75, 3.05) is 20.3 Å². The number of carboxylic acids is 1. The summed E-state index contributed by atoms with van der Waals surface area (Å²) in [5.41, 5.74) is -0.905. The highest BCUT2D eigenvalue weighted by atomic mass is 16.5. The number of carbonyl (C=O) groups is 1. The van der Waals surface area contributed by atoms with Crippen molar-refractivity contribution in [3.05, 3.63) is 0 Å². The standard InChI is InChI=1S/C10H19NO3/c1-9(4-5-9)10(2,8(12)13)11-6-7-14-3/h11H,4-7H2,1-3H3,(H,12,13). The van der Waals surface area contributed by atoms with E-state index in [0.29, 0.717) is 13.2 Å². The van der Waals surface area contributed by atoms with Crippen LogP contribution in [-0.4, -0.2) is 36.9 Å². The third-order valence-electron chi connectivity index (χ3n) is 3.42. The Labute approximate surface area is 84.6 Å². The summed E-state index contributed by atoms with van der Waals surface area (Å²) in [5.74, 6) is -0.770. The molecule has 0 bridgehead atoms. The van der Waals surface area contributed by atoms with Crippen LogP contribution in [0.4, 0.5) is 0 Å². The highest BCUT2D eigenvalue weighted by Gasteiger charge is 2.57. The van der Waals surface area contributed by atoms with Gasteiger partial charge in [-0.05, 0) is 25.2 Å². The maximum Gasteiger partial charge on any atom is 0.324 e. The molecular formula is C10H19NO3. The molecular weight excluding hydrogens is 182 g/mol. The molecule has 82 valence electrons. The highest BCUT2D eigenvalue weighted by molar-refractivity contribution is 5.80. The molecule has 0 amide bonds. The van der Waals surface area contributed by atoms with Crippen LogP contribution in [0.3, 0.4) is 0 Å². The second kappa shape index (κ2) is 3.87. The number of ether oxygens (including phenoxy) is 1. The van der Waals surface area contributed by atoms with E-state index in [0.717, 1.165) is 12.8 Å². The minimum atomic E-state index is -0.814. The van der Waals surface area contributed by atoms with Gasteiger partial charge in [0.2, 0.25) is 0 Å². The summed E-state index contributed by atoms with van der Waals surface area (Å²) >= 11 is 0. The van der Waals surface area contributed by atoms with E-state index in [4.69, 9.17) is 4.74 Å². The van der Waals surface area contributed by atoms with Gasteiger partial charge in [-0.1, -0.05) is 6.92 Å². The number of rotatable bonds is 6. The second-order valence-electron chi connectivity index (χ2n) is 4.41. The van der Waals surface area contributed by atoms with Gasteiger partial charge < -0.3 is 9.84 Å². The van der Waals surface area contributed by atoms with Gasteiger partial charge in [-0.2, -0.15) is 0 Å². The van der Waals surface area contributed by atoms with Crippen molar-refractivity contribution in [2.45, 2.75) is 32.2 Å². The third-order valence-corrected chi connectivity index (χ3v) is 3.42. The molecule has 1 aliphatic rings. The summed E-state index contributed by atoms with van der Waals surface area (Å²) < 4.78 is 4.89. The number of methoxy groups -OCH3 is 1. The van der Waals surface area contributed by atoms with Crippen molar-refractivity contribution in [3.63, 3.8) is 0 Å². The fourth-order valence-corrected chi connectivity index (χ4v) is 1.64. The van der Waals surface area contributed by atoms with Gasteiger partial charge in [-0.25, -0.2) is 0 Å². The SMILES string of the molecule is COCCNC(C)(C(=O)O)C1(C)CC1. The molecule has 2 N–H and O–H groups in total. The van der Waals surface area contributed by atoms with Crippen LogP contribution >= 0.6 is 0 Å². The molecule has 4 nitrogen and oxygen atoms in total. The smallest absolute Gasteiger partial charge is 0.324 e. The van der Waals surface area contributed by atoms with Gasteiger partial charge in [-0.15, -0.1) is 0 Å². The Morgan fingerprint density at radius 3 is 2.57 bits per heavy atom. The molecule has 1 fully saturated rings. The zero-order valence-electron chi connectivity index (χ0n) is 9.09. The third kappa shape index (κ3) is 1.91. The van der Waals surface area contributed by atoms with Crippen LogP contribution in [-0.2, 0) is 9.53 Å². The summed E-state index contributed by atoms with van der Waals surface area (Å²) in [6.45, 7) is 4.90. The second-order valence-corrected chi connectivity index (χ2v) is 4.41. The average molecular weight is 201 g/mol. The molecule has 0 heterocycles. The molecule has 1 saturated carbocycles. The van der Waals surface area contributed by atoms with Crippen molar-refractivity contribution >= 4 is 5.97 Å². The van der Waals surface area contributed by atoms with E-state index < -0.39 is 11.5 Å². The molecule has 4 heteroatoms. The molecule has 0 spiro atoms. The van der Waals surface area contributed by atoms with Gasteiger partial charge in [0.05, 0.1) is 6.61 Å². The first-order valence-electron chi connectivity index (χ1n) is 4.94. The van der Waals surface area contributed by atoms with Gasteiger partial charge in [0.1, 0.15) is 5.54 Å². The predicted molar refractivity (Wildman–Crippen MR) is 53.3 cm³/mol. The van der Waals surface area contributed by atoms with Crippen LogP contribution in [0.15, 0.2) is 0 Å². The van der Waals surface area contributed by atoms with Crippen molar-refractivity contribution in [3.8, 4) is 0 Å². The minimum Gasteiger partial charge on any atom is -0.480 e. The lowest BCUT2D eigenvalue weighted by atomic mass is 9.84. The maximum atomic E-state index is 11.2. The first kappa shape index (κ1) is 11.5. The Bertz CT molecular complexity index is 225. The fourth-order valence-electron chi connectivity index (χ4n) is 1.64. The van der Waals surface area contributed by atoms with Crippen LogP contribution in [0.2, 0.25) is 0 Å². The lowest BCUT2D eigenvalue weighted by Crippen LogP contribution is -2.56. The monoisotopic (exact) mass is 201 g/mol. The quantitative estimate of drug-likeness (QED) is 0.626. The van der Waals surface area contributed by atoms with E-state index >= 15 is 0 Å². The summed E-state index contributed by atoms with van der Waals surface area (Å²) in [4.78, 5) is 11.2. The Balaban J connectivity index is 2.58. The van der Waals surface area contributed by atoms with Gasteiger partial charge in [0.15, 0.2) is 0 Å². The van der Waals surface area contributed by atoms with E-state index in [-0.39, 0.29) is 5.41 Å². The van der Waals surface area contributed by atoms with Gasteiger partial charge in [0, 0.05) is 13.7 Å². The Hall–Kier alpha value is -0.610. The molecule has 0 aliphatic heterocycles. The Morgan fingerprint density at radius 1 is 1.64 bits per heavy atom. The van der Waals surface area contributed by atoms with Crippen LogP contribution in [0, 0.1) is 5.41 Å². The van der Waals surface area contributed by atoms with E-state index in [2.05, 4.69) is 5.32 Å². The largest absolute Gasteiger partial charge is 0.480 e. The molecule has 0 radical (unpaired) electrons. The van der Waals surface area contributed by atoms with E-state index in [1.807, 2.05) is 6.92 Å². The lowest BCUT2D eigenvalue weighted by Gasteiger charge is -2.32. The minimum absolute atomic E-state index is 0.0907. The fraction of sp³-hybridized carbons (Fsp3) is 0.900. The molecule has 0 aromatic rings. The van der Waals surface area contributed by atoms with E-state index in [1.54, 1.807) is 14.0 Å². The molecule has 1 atom stereocenters. The average Bonchev–Trinajstić information content (AvgIpc) is 2.85. The first-order valence-corrected chi connectivity index (χ1v) is 4.94. The van der Waals surface area contributed by atoms with Crippen LogP contribution in [0.25, 0.3) is 0 Å². The van der Waals surface area contributed by atoms with Gasteiger partial charge in [0.25, 0.3) is 0 Å².